The van der Waals surface area contributed by atoms with Crippen LogP contribution in [0.2, 0.25) is 5.02 Å². The zero-order valence-corrected chi connectivity index (χ0v) is 13.9. The molecule has 0 saturated heterocycles. The quantitative estimate of drug-likeness (QED) is 0.634. The molecule has 0 aromatic heterocycles. The molecule has 1 amide bonds. The molecular formula is C18H19ClN2O2. The SMILES string of the molecule is CCCOc1ccc(/C(C)=N\NC(=O)c2ccccc2Cl)cc1. The average Bonchev–Trinajstić information content (AvgIpc) is 2.58. The van der Waals surface area contributed by atoms with Gasteiger partial charge in [0, 0.05) is 0 Å². The summed E-state index contributed by atoms with van der Waals surface area (Å²) in [7, 11) is 0. The Morgan fingerprint density at radius 3 is 2.52 bits per heavy atom. The van der Waals surface area contributed by atoms with Gasteiger partial charge in [-0.1, -0.05) is 30.7 Å². The van der Waals surface area contributed by atoms with Crippen LogP contribution < -0.4 is 10.2 Å². The smallest absolute Gasteiger partial charge is 0.272 e. The van der Waals surface area contributed by atoms with Gasteiger partial charge >= 0.3 is 0 Å². The van der Waals surface area contributed by atoms with E-state index in [0.717, 1.165) is 17.7 Å². The van der Waals surface area contributed by atoms with E-state index < -0.39 is 0 Å². The molecule has 2 aromatic carbocycles. The standard InChI is InChI=1S/C18H19ClN2O2/c1-3-12-23-15-10-8-14(9-11-15)13(2)20-21-18(22)16-6-4-5-7-17(16)19/h4-11H,3,12H2,1-2H3,(H,21,22)/b20-13-. The van der Waals surface area contributed by atoms with E-state index in [1.807, 2.05) is 31.2 Å². The number of ether oxygens (including phenoxy) is 1. The maximum atomic E-state index is 12.1. The molecule has 120 valence electrons. The van der Waals surface area contributed by atoms with Gasteiger partial charge in [-0.15, -0.1) is 0 Å². The number of hydrazone groups is 1. The molecule has 0 bridgehead atoms. The first kappa shape index (κ1) is 17.0. The van der Waals surface area contributed by atoms with E-state index in [2.05, 4.69) is 17.5 Å². The molecule has 0 fully saturated rings. The number of rotatable bonds is 6. The fourth-order valence-electron chi connectivity index (χ4n) is 1.92. The summed E-state index contributed by atoms with van der Waals surface area (Å²) in [5, 5.41) is 4.52. The van der Waals surface area contributed by atoms with E-state index in [4.69, 9.17) is 16.3 Å². The van der Waals surface area contributed by atoms with Crippen LogP contribution in [0, 0.1) is 0 Å². The van der Waals surface area contributed by atoms with Crippen molar-refractivity contribution in [3.05, 3.63) is 64.7 Å². The van der Waals surface area contributed by atoms with E-state index in [9.17, 15) is 4.79 Å². The summed E-state index contributed by atoms with van der Waals surface area (Å²) in [4.78, 5) is 12.1. The number of carbonyl (C=O) groups excluding carboxylic acids is 1. The lowest BCUT2D eigenvalue weighted by atomic mass is 10.1. The van der Waals surface area contributed by atoms with Gasteiger partial charge in [-0.05, 0) is 55.3 Å². The normalized spacial score (nSPS) is 11.2. The van der Waals surface area contributed by atoms with Crippen molar-refractivity contribution in [2.75, 3.05) is 6.61 Å². The van der Waals surface area contributed by atoms with Crippen LogP contribution in [0.25, 0.3) is 0 Å². The fraction of sp³-hybridized carbons (Fsp3) is 0.222. The van der Waals surface area contributed by atoms with E-state index in [-0.39, 0.29) is 5.91 Å². The molecule has 0 aliphatic carbocycles. The highest BCUT2D eigenvalue weighted by Crippen LogP contribution is 2.15. The van der Waals surface area contributed by atoms with Gasteiger partial charge in [0.05, 0.1) is 22.9 Å². The highest BCUT2D eigenvalue weighted by atomic mass is 35.5. The van der Waals surface area contributed by atoms with Crippen LogP contribution in [0.5, 0.6) is 5.75 Å². The van der Waals surface area contributed by atoms with Crippen molar-refractivity contribution in [2.24, 2.45) is 5.10 Å². The van der Waals surface area contributed by atoms with E-state index in [1.54, 1.807) is 24.3 Å². The Hall–Kier alpha value is -2.33. The van der Waals surface area contributed by atoms with E-state index >= 15 is 0 Å². The second-order valence-electron chi connectivity index (χ2n) is 4.99. The summed E-state index contributed by atoms with van der Waals surface area (Å²) in [5.41, 5.74) is 4.53. The molecule has 4 nitrogen and oxygen atoms in total. The van der Waals surface area contributed by atoms with Gasteiger partial charge in [0.2, 0.25) is 0 Å². The van der Waals surface area contributed by atoms with Crippen molar-refractivity contribution in [1.29, 1.82) is 0 Å². The molecule has 2 aromatic rings. The maximum Gasteiger partial charge on any atom is 0.272 e. The van der Waals surface area contributed by atoms with Crippen LogP contribution in [0.1, 0.15) is 36.2 Å². The second kappa shape index (κ2) is 8.34. The first-order chi connectivity index (χ1) is 11.1. The number of nitrogens with zero attached hydrogens (tertiary/aromatic N) is 1. The summed E-state index contributed by atoms with van der Waals surface area (Å²) in [5.74, 6) is 0.487. The van der Waals surface area contributed by atoms with Gasteiger partial charge in [0.1, 0.15) is 5.75 Å². The number of hydrogen-bond acceptors (Lipinski definition) is 3. The molecule has 0 aliphatic rings. The Bertz CT molecular complexity index is 696. The van der Waals surface area contributed by atoms with Crippen LogP contribution in [-0.2, 0) is 0 Å². The number of carbonyl (C=O) groups is 1. The molecule has 0 unspecified atom stereocenters. The Balaban J connectivity index is 2.02. The minimum Gasteiger partial charge on any atom is -0.494 e. The number of hydrogen-bond donors (Lipinski definition) is 1. The molecule has 0 spiro atoms. The molecule has 1 N–H and O–H groups in total. The van der Waals surface area contributed by atoms with Crippen LogP contribution in [0.4, 0.5) is 0 Å². The number of amides is 1. The summed E-state index contributed by atoms with van der Waals surface area (Å²) in [6.45, 7) is 4.59. The Labute approximate surface area is 141 Å². The Morgan fingerprint density at radius 1 is 1.17 bits per heavy atom. The predicted octanol–water partition coefficient (Wildman–Crippen LogP) is 4.28. The van der Waals surface area contributed by atoms with Crippen molar-refractivity contribution in [1.82, 2.24) is 5.43 Å². The van der Waals surface area contributed by atoms with Gasteiger partial charge in [-0.25, -0.2) is 5.43 Å². The topological polar surface area (TPSA) is 50.7 Å². The first-order valence-electron chi connectivity index (χ1n) is 7.44. The summed E-state index contributed by atoms with van der Waals surface area (Å²) >= 11 is 5.99. The first-order valence-corrected chi connectivity index (χ1v) is 7.82. The number of benzene rings is 2. The molecule has 2 rings (SSSR count). The monoisotopic (exact) mass is 330 g/mol. The molecule has 5 heteroatoms. The van der Waals surface area contributed by atoms with Crippen LogP contribution in [0.15, 0.2) is 53.6 Å². The molecule has 23 heavy (non-hydrogen) atoms. The second-order valence-corrected chi connectivity index (χ2v) is 5.40. The number of nitrogens with one attached hydrogen (secondary N) is 1. The lowest BCUT2D eigenvalue weighted by Gasteiger charge is -2.07. The third-order valence-corrected chi connectivity index (χ3v) is 3.52. The van der Waals surface area contributed by atoms with Gasteiger partial charge in [-0.2, -0.15) is 5.10 Å². The largest absolute Gasteiger partial charge is 0.494 e. The Kier molecular flexibility index (Phi) is 6.18. The van der Waals surface area contributed by atoms with Crippen molar-refractivity contribution in [3.8, 4) is 5.75 Å². The summed E-state index contributed by atoms with van der Waals surface area (Å²) < 4.78 is 5.53. The minimum atomic E-state index is -0.335. The van der Waals surface area contributed by atoms with Crippen LogP contribution >= 0.6 is 11.6 Å². The zero-order valence-electron chi connectivity index (χ0n) is 13.2. The maximum absolute atomic E-state index is 12.1. The van der Waals surface area contributed by atoms with E-state index in [1.165, 1.54) is 0 Å². The molecular weight excluding hydrogens is 312 g/mol. The van der Waals surface area contributed by atoms with Crippen LogP contribution in [-0.4, -0.2) is 18.2 Å². The van der Waals surface area contributed by atoms with Crippen LogP contribution in [0.3, 0.4) is 0 Å². The number of halogens is 1. The highest BCUT2D eigenvalue weighted by Gasteiger charge is 2.08. The average molecular weight is 331 g/mol. The van der Waals surface area contributed by atoms with E-state index in [0.29, 0.717) is 22.9 Å². The predicted molar refractivity (Wildman–Crippen MR) is 93.4 cm³/mol. The highest BCUT2D eigenvalue weighted by molar-refractivity contribution is 6.33. The third kappa shape index (κ3) is 4.83. The minimum absolute atomic E-state index is 0.335. The lowest BCUT2D eigenvalue weighted by molar-refractivity contribution is 0.0955. The van der Waals surface area contributed by atoms with Crippen molar-refractivity contribution in [3.63, 3.8) is 0 Å². The van der Waals surface area contributed by atoms with Gasteiger partial charge < -0.3 is 4.74 Å². The van der Waals surface area contributed by atoms with Crippen molar-refractivity contribution < 1.29 is 9.53 Å². The fourth-order valence-corrected chi connectivity index (χ4v) is 2.14. The van der Waals surface area contributed by atoms with Gasteiger partial charge in [-0.3, -0.25) is 4.79 Å². The van der Waals surface area contributed by atoms with Crippen molar-refractivity contribution in [2.45, 2.75) is 20.3 Å². The molecule has 0 radical (unpaired) electrons. The third-order valence-electron chi connectivity index (χ3n) is 3.19. The summed E-state index contributed by atoms with van der Waals surface area (Å²) in [6.07, 6.45) is 0.969. The zero-order chi connectivity index (χ0) is 16.7. The Morgan fingerprint density at radius 2 is 1.87 bits per heavy atom. The van der Waals surface area contributed by atoms with Gasteiger partial charge in [0.15, 0.2) is 0 Å². The van der Waals surface area contributed by atoms with Crippen molar-refractivity contribution >= 4 is 23.2 Å². The lowest BCUT2D eigenvalue weighted by Crippen LogP contribution is -2.19. The molecule has 0 saturated carbocycles. The molecule has 0 atom stereocenters. The summed E-state index contributed by atoms with van der Waals surface area (Å²) in [6, 6.07) is 14.4. The molecule has 0 heterocycles. The van der Waals surface area contributed by atoms with Gasteiger partial charge in [0.25, 0.3) is 5.91 Å². The molecule has 0 aliphatic heterocycles.